The molecule has 14 heavy (non-hydrogen) atoms. The molecule has 0 aliphatic carbocycles. The maximum absolute atomic E-state index is 11.6. The van der Waals surface area contributed by atoms with E-state index in [4.69, 9.17) is 0 Å². The minimum atomic E-state index is 0.0989. The lowest BCUT2D eigenvalue weighted by atomic mass is 10.2. The van der Waals surface area contributed by atoms with E-state index in [1.54, 1.807) is 0 Å². The third kappa shape index (κ3) is 1.21. The number of imidazole rings is 1. The summed E-state index contributed by atoms with van der Waals surface area (Å²) in [6.45, 7) is 3.76. The van der Waals surface area contributed by atoms with Crippen LogP contribution in [0, 0.1) is 6.92 Å². The molecular weight excluding hydrogens is 176 g/mol. The molecule has 0 aromatic carbocycles. The Hall–Kier alpha value is -1.64. The predicted molar refractivity (Wildman–Crippen MR) is 54.6 cm³/mol. The molecule has 0 amide bonds. The Balaban J connectivity index is 2.72. The summed E-state index contributed by atoms with van der Waals surface area (Å²) in [5.74, 6) is 0.958. The molecule has 3 heteroatoms. The van der Waals surface area contributed by atoms with Crippen molar-refractivity contribution < 1.29 is 4.79 Å². The van der Waals surface area contributed by atoms with Crippen molar-refractivity contribution in [3.63, 3.8) is 0 Å². The minimum Gasteiger partial charge on any atom is -0.303 e. The monoisotopic (exact) mass is 188 g/mol. The quantitative estimate of drug-likeness (QED) is 0.677. The summed E-state index contributed by atoms with van der Waals surface area (Å²) >= 11 is 0. The van der Waals surface area contributed by atoms with Gasteiger partial charge in [0.05, 0.1) is 5.52 Å². The first kappa shape index (κ1) is 8.94. The summed E-state index contributed by atoms with van der Waals surface area (Å²) in [5.41, 5.74) is 1.49. The standard InChI is InChI=1S/C11H12N2O/c1-3-10(14)11-9-6-4-5-7-13(9)8(2)12-11/h4-7H,3H2,1-2H3. The van der Waals surface area contributed by atoms with E-state index in [2.05, 4.69) is 4.98 Å². The van der Waals surface area contributed by atoms with Crippen molar-refractivity contribution in [2.24, 2.45) is 0 Å². The van der Waals surface area contributed by atoms with Crippen LogP contribution in [-0.2, 0) is 0 Å². The zero-order valence-corrected chi connectivity index (χ0v) is 8.32. The number of aryl methyl sites for hydroxylation is 1. The maximum Gasteiger partial charge on any atom is 0.183 e. The molecule has 2 rings (SSSR count). The molecule has 0 N–H and O–H groups in total. The molecule has 72 valence electrons. The van der Waals surface area contributed by atoms with Crippen LogP contribution >= 0.6 is 0 Å². The zero-order chi connectivity index (χ0) is 10.1. The van der Waals surface area contributed by atoms with Crippen LogP contribution in [0.4, 0.5) is 0 Å². The third-order valence-corrected chi connectivity index (χ3v) is 2.31. The van der Waals surface area contributed by atoms with E-state index in [-0.39, 0.29) is 5.78 Å². The molecule has 0 spiro atoms. The van der Waals surface area contributed by atoms with E-state index >= 15 is 0 Å². The molecule has 0 unspecified atom stereocenters. The van der Waals surface area contributed by atoms with E-state index in [1.165, 1.54) is 0 Å². The van der Waals surface area contributed by atoms with Crippen molar-refractivity contribution in [3.8, 4) is 0 Å². The van der Waals surface area contributed by atoms with Gasteiger partial charge in [-0.15, -0.1) is 0 Å². The lowest BCUT2D eigenvalue weighted by Gasteiger charge is -1.94. The predicted octanol–water partition coefficient (Wildman–Crippen LogP) is 2.24. The van der Waals surface area contributed by atoms with Gasteiger partial charge in [0.15, 0.2) is 5.78 Å². The second-order valence-electron chi connectivity index (χ2n) is 3.24. The Bertz CT molecular complexity index is 485. The van der Waals surface area contributed by atoms with Gasteiger partial charge in [0.1, 0.15) is 11.5 Å². The van der Waals surface area contributed by atoms with Gasteiger partial charge in [-0.05, 0) is 19.1 Å². The van der Waals surface area contributed by atoms with Gasteiger partial charge in [-0.1, -0.05) is 13.0 Å². The fourth-order valence-corrected chi connectivity index (χ4v) is 1.56. The Kier molecular flexibility index (Phi) is 2.08. The molecule has 2 heterocycles. The van der Waals surface area contributed by atoms with Crippen LogP contribution in [0.3, 0.4) is 0 Å². The first-order chi connectivity index (χ1) is 6.74. The number of Topliss-reactive ketones (excluding diaryl/α,β-unsaturated/α-hetero) is 1. The number of ketones is 1. The molecule has 0 saturated heterocycles. The average molecular weight is 188 g/mol. The fraction of sp³-hybridized carbons (Fsp3) is 0.273. The summed E-state index contributed by atoms with van der Waals surface area (Å²) in [6.07, 6.45) is 2.42. The molecule has 0 bridgehead atoms. The summed E-state index contributed by atoms with van der Waals surface area (Å²) in [5, 5.41) is 0. The van der Waals surface area contributed by atoms with Crippen LogP contribution in [-0.4, -0.2) is 15.2 Å². The topological polar surface area (TPSA) is 34.4 Å². The van der Waals surface area contributed by atoms with E-state index < -0.39 is 0 Å². The number of carbonyl (C=O) groups excluding carboxylic acids is 1. The third-order valence-electron chi connectivity index (χ3n) is 2.31. The van der Waals surface area contributed by atoms with Crippen LogP contribution in [0.15, 0.2) is 24.4 Å². The highest BCUT2D eigenvalue weighted by Gasteiger charge is 2.12. The molecule has 0 fully saturated rings. The Morgan fingerprint density at radius 3 is 3.00 bits per heavy atom. The smallest absolute Gasteiger partial charge is 0.183 e. The van der Waals surface area contributed by atoms with Gasteiger partial charge >= 0.3 is 0 Å². The second kappa shape index (κ2) is 3.25. The Morgan fingerprint density at radius 2 is 2.29 bits per heavy atom. The molecule has 2 aromatic rings. The number of aromatic nitrogens is 2. The van der Waals surface area contributed by atoms with Crippen molar-refractivity contribution in [1.82, 2.24) is 9.38 Å². The lowest BCUT2D eigenvalue weighted by molar-refractivity contribution is 0.0985. The van der Waals surface area contributed by atoms with Gasteiger partial charge in [-0.25, -0.2) is 4.98 Å². The average Bonchev–Trinajstić information content (AvgIpc) is 2.56. The van der Waals surface area contributed by atoms with Crippen molar-refractivity contribution in [2.75, 3.05) is 0 Å². The first-order valence-corrected chi connectivity index (χ1v) is 4.71. The van der Waals surface area contributed by atoms with E-state index in [0.717, 1.165) is 11.3 Å². The van der Waals surface area contributed by atoms with Crippen molar-refractivity contribution in [3.05, 3.63) is 35.9 Å². The number of hydrogen-bond acceptors (Lipinski definition) is 2. The van der Waals surface area contributed by atoms with Crippen LogP contribution < -0.4 is 0 Å². The zero-order valence-electron chi connectivity index (χ0n) is 8.32. The fourth-order valence-electron chi connectivity index (χ4n) is 1.56. The normalized spacial score (nSPS) is 10.7. The van der Waals surface area contributed by atoms with Crippen LogP contribution in [0.2, 0.25) is 0 Å². The van der Waals surface area contributed by atoms with Gasteiger partial charge in [0.25, 0.3) is 0 Å². The van der Waals surface area contributed by atoms with E-state index in [9.17, 15) is 4.79 Å². The number of nitrogens with zero attached hydrogens (tertiary/aromatic N) is 2. The summed E-state index contributed by atoms with van der Waals surface area (Å²) in [7, 11) is 0. The largest absolute Gasteiger partial charge is 0.303 e. The van der Waals surface area contributed by atoms with Gasteiger partial charge in [0.2, 0.25) is 0 Å². The number of rotatable bonds is 2. The summed E-state index contributed by atoms with van der Waals surface area (Å²) in [6, 6.07) is 5.77. The first-order valence-electron chi connectivity index (χ1n) is 4.71. The number of hydrogen-bond donors (Lipinski definition) is 0. The number of pyridine rings is 1. The molecule has 0 aliphatic heterocycles. The highest BCUT2D eigenvalue weighted by molar-refractivity contribution is 6.00. The van der Waals surface area contributed by atoms with Crippen molar-refractivity contribution in [1.29, 1.82) is 0 Å². The molecule has 3 nitrogen and oxygen atoms in total. The number of fused-ring (bicyclic) bond motifs is 1. The molecule has 0 atom stereocenters. The van der Waals surface area contributed by atoms with Crippen LogP contribution in [0.25, 0.3) is 5.52 Å². The number of carbonyl (C=O) groups is 1. The summed E-state index contributed by atoms with van der Waals surface area (Å²) < 4.78 is 1.93. The van der Waals surface area contributed by atoms with Crippen LogP contribution in [0.5, 0.6) is 0 Å². The Labute approximate surface area is 82.4 Å². The van der Waals surface area contributed by atoms with E-state index in [0.29, 0.717) is 12.1 Å². The van der Waals surface area contributed by atoms with Crippen molar-refractivity contribution >= 4 is 11.3 Å². The van der Waals surface area contributed by atoms with Gasteiger partial charge in [-0.2, -0.15) is 0 Å². The molecule has 0 aliphatic rings. The molecule has 0 saturated carbocycles. The van der Waals surface area contributed by atoms with Gasteiger partial charge < -0.3 is 4.40 Å². The highest BCUT2D eigenvalue weighted by Crippen LogP contribution is 2.13. The van der Waals surface area contributed by atoms with Gasteiger partial charge in [0, 0.05) is 12.6 Å². The second-order valence-corrected chi connectivity index (χ2v) is 3.24. The van der Waals surface area contributed by atoms with Gasteiger partial charge in [-0.3, -0.25) is 4.79 Å². The molecular formula is C11H12N2O. The molecule has 2 aromatic heterocycles. The SMILES string of the molecule is CCC(=O)c1nc(C)n2ccccc12. The highest BCUT2D eigenvalue weighted by atomic mass is 16.1. The van der Waals surface area contributed by atoms with Crippen molar-refractivity contribution in [2.45, 2.75) is 20.3 Å². The Morgan fingerprint density at radius 1 is 1.50 bits per heavy atom. The maximum atomic E-state index is 11.6. The lowest BCUT2D eigenvalue weighted by Crippen LogP contribution is -1.97. The van der Waals surface area contributed by atoms with E-state index in [1.807, 2.05) is 42.6 Å². The van der Waals surface area contributed by atoms with Crippen LogP contribution in [0.1, 0.15) is 29.7 Å². The minimum absolute atomic E-state index is 0.0989. The molecule has 0 radical (unpaired) electrons. The summed E-state index contributed by atoms with van der Waals surface area (Å²) in [4.78, 5) is 15.8.